The number of rotatable bonds is 6. The van der Waals surface area contributed by atoms with Gasteiger partial charge in [0, 0.05) is 19.8 Å². The van der Waals surface area contributed by atoms with Crippen molar-refractivity contribution in [2.75, 3.05) is 25.6 Å². The van der Waals surface area contributed by atoms with E-state index in [0.29, 0.717) is 0 Å². The van der Waals surface area contributed by atoms with Crippen LogP contribution in [0, 0.1) is 0 Å². The lowest BCUT2D eigenvalue weighted by Crippen LogP contribution is -2.47. The average molecular weight is 266 g/mol. The molecule has 0 saturated carbocycles. The number of carboxylic acids is 1. The van der Waals surface area contributed by atoms with Crippen molar-refractivity contribution in [1.29, 1.82) is 0 Å². The fourth-order valence-corrected chi connectivity index (χ4v) is 1.61. The molecule has 1 atom stereocenters. The summed E-state index contributed by atoms with van der Waals surface area (Å²) in [7, 11) is -1.73. The summed E-state index contributed by atoms with van der Waals surface area (Å²) in [4.78, 5) is 23.3. The summed E-state index contributed by atoms with van der Waals surface area (Å²) in [6.07, 6.45) is 1.34. The third kappa shape index (κ3) is 6.77. The van der Waals surface area contributed by atoms with Crippen LogP contribution in [0.15, 0.2) is 0 Å². The lowest BCUT2D eigenvalue weighted by Gasteiger charge is -2.20. The third-order valence-corrected chi connectivity index (χ3v) is 3.07. The summed E-state index contributed by atoms with van der Waals surface area (Å²) >= 11 is 0. The molecule has 8 heteroatoms. The van der Waals surface area contributed by atoms with Crippen LogP contribution in [-0.4, -0.2) is 62.1 Å². The number of hydrogen-bond donors (Lipinski definition) is 2. The lowest BCUT2D eigenvalue weighted by molar-refractivity contribution is -0.139. The Bertz CT molecular complexity index is 379. The number of aliphatic carboxylic acids is 1. The topological polar surface area (TPSA) is 104 Å². The molecule has 17 heavy (non-hydrogen) atoms. The monoisotopic (exact) mass is 266 g/mol. The second kappa shape index (κ2) is 6.43. The molecule has 0 saturated heterocycles. The van der Waals surface area contributed by atoms with Crippen LogP contribution >= 0.6 is 0 Å². The van der Waals surface area contributed by atoms with Gasteiger partial charge in [-0.15, -0.1) is 0 Å². The molecule has 0 aliphatic heterocycles. The summed E-state index contributed by atoms with van der Waals surface area (Å²) in [5, 5.41) is 11.0. The van der Waals surface area contributed by atoms with Gasteiger partial charge in [-0.05, 0) is 6.42 Å². The fraction of sp³-hybridized carbons (Fsp3) is 0.778. The molecule has 0 bridgehead atoms. The minimum Gasteiger partial charge on any atom is -0.480 e. The zero-order chi connectivity index (χ0) is 13.6. The molecule has 2 amide bonds. The highest BCUT2D eigenvalue weighted by molar-refractivity contribution is 7.90. The van der Waals surface area contributed by atoms with Gasteiger partial charge < -0.3 is 15.3 Å². The first-order valence-electron chi connectivity index (χ1n) is 5.09. The molecular formula is C9H18N2O5S. The zero-order valence-electron chi connectivity index (χ0n) is 10.1. The standard InChI is InChI=1S/C9H18N2O5S/c1-4-7(8(12)13)10-9(14)11(2)5-6-17(3,15)16/h7H,4-6H2,1-3H3,(H,10,14)(H,12,13)/t7-/m1/s1. The van der Waals surface area contributed by atoms with Gasteiger partial charge in [-0.1, -0.05) is 6.92 Å². The van der Waals surface area contributed by atoms with E-state index in [1.54, 1.807) is 6.92 Å². The van der Waals surface area contributed by atoms with Crippen LogP contribution in [0.1, 0.15) is 13.3 Å². The van der Waals surface area contributed by atoms with Crippen molar-refractivity contribution in [2.45, 2.75) is 19.4 Å². The second-order valence-corrected chi connectivity index (χ2v) is 6.06. The first-order chi connectivity index (χ1) is 7.67. The average Bonchev–Trinajstić information content (AvgIpc) is 2.20. The number of carbonyl (C=O) groups is 2. The molecule has 7 nitrogen and oxygen atoms in total. The van der Waals surface area contributed by atoms with Gasteiger partial charge in [-0.2, -0.15) is 0 Å². The van der Waals surface area contributed by atoms with Crippen molar-refractivity contribution >= 4 is 21.8 Å². The smallest absolute Gasteiger partial charge is 0.326 e. The maximum atomic E-state index is 11.5. The Hall–Kier alpha value is -1.31. The lowest BCUT2D eigenvalue weighted by atomic mass is 10.2. The van der Waals surface area contributed by atoms with Crippen molar-refractivity contribution in [3.05, 3.63) is 0 Å². The number of amides is 2. The first-order valence-corrected chi connectivity index (χ1v) is 7.15. The van der Waals surface area contributed by atoms with Crippen LogP contribution in [-0.2, 0) is 14.6 Å². The maximum Gasteiger partial charge on any atom is 0.326 e. The van der Waals surface area contributed by atoms with Crippen LogP contribution in [0.3, 0.4) is 0 Å². The highest BCUT2D eigenvalue weighted by Crippen LogP contribution is 1.94. The van der Waals surface area contributed by atoms with Gasteiger partial charge in [0.15, 0.2) is 0 Å². The van der Waals surface area contributed by atoms with E-state index in [-0.39, 0.29) is 18.7 Å². The minimum atomic E-state index is -3.14. The van der Waals surface area contributed by atoms with Crippen LogP contribution < -0.4 is 5.32 Å². The van der Waals surface area contributed by atoms with Crippen molar-refractivity contribution in [3.8, 4) is 0 Å². The van der Waals surface area contributed by atoms with E-state index >= 15 is 0 Å². The summed E-state index contributed by atoms with van der Waals surface area (Å²) < 4.78 is 21.8. The predicted octanol–water partition coefficient (Wildman–Crippen LogP) is -0.464. The molecular weight excluding hydrogens is 248 g/mol. The van der Waals surface area contributed by atoms with E-state index in [4.69, 9.17) is 5.11 Å². The quantitative estimate of drug-likeness (QED) is 0.676. The summed E-state index contributed by atoms with van der Waals surface area (Å²) in [5.41, 5.74) is 0. The van der Waals surface area contributed by atoms with E-state index in [1.165, 1.54) is 7.05 Å². The van der Waals surface area contributed by atoms with Crippen molar-refractivity contribution < 1.29 is 23.1 Å². The first kappa shape index (κ1) is 15.7. The largest absolute Gasteiger partial charge is 0.480 e. The Balaban J connectivity index is 4.27. The predicted molar refractivity (Wildman–Crippen MR) is 62.6 cm³/mol. The van der Waals surface area contributed by atoms with E-state index in [2.05, 4.69) is 5.32 Å². The zero-order valence-corrected chi connectivity index (χ0v) is 11.0. The van der Waals surface area contributed by atoms with Crippen LogP contribution in [0.2, 0.25) is 0 Å². The molecule has 0 aliphatic rings. The molecule has 0 aromatic carbocycles. The number of nitrogens with one attached hydrogen (secondary N) is 1. The van der Waals surface area contributed by atoms with Gasteiger partial charge >= 0.3 is 12.0 Å². The molecule has 0 aromatic heterocycles. The summed E-state index contributed by atoms with van der Waals surface area (Å²) in [6, 6.07) is -1.55. The van der Waals surface area contributed by atoms with E-state index in [1.807, 2.05) is 0 Å². The SMILES string of the molecule is CC[C@@H](NC(=O)N(C)CCS(C)(=O)=O)C(=O)O. The maximum absolute atomic E-state index is 11.5. The highest BCUT2D eigenvalue weighted by atomic mass is 32.2. The number of hydrogen-bond acceptors (Lipinski definition) is 4. The molecule has 0 radical (unpaired) electrons. The molecule has 0 fully saturated rings. The van der Waals surface area contributed by atoms with Crippen molar-refractivity contribution in [1.82, 2.24) is 10.2 Å². The molecule has 2 N–H and O–H groups in total. The fourth-order valence-electron chi connectivity index (χ4n) is 1.00. The van der Waals surface area contributed by atoms with Crippen LogP contribution in [0.25, 0.3) is 0 Å². The Kier molecular flexibility index (Phi) is 5.94. The van der Waals surface area contributed by atoms with Crippen LogP contribution in [0.4, 0.5) is 4.79 Å². The normalized spacial score (nSPS) is 12.9. The van der Waals surface area contributed by atoms with Gasteiger partial charge in [0.25, 0.3) is 0 Å². The Labute approximate surface area is 101 Å². The number of carbonyl (C=O) groups excluding carboxylic acids is 1. The van der Waals surface area contributed by atoms with E-state index in [9.17, 15) is 18.0 Å². The molecule has 0 heterocycles. The third-order valence-electron chi connectivity index (χ3n) is 2.15. The molecule has 100 valence electrons. The number of nitrogens with zero attached hydrogens (tertiary/aromatic N) is 1. The highest BCUT2D eigenvalue weighted by Gasteiger charge is 2.20. The van der Waals surface area contributed by atoms with Crippen LogP contribution in [0.5, 0.6) is 0 Å². The van der Waals surface area contributed by atoms with Gasteiger partial charge in [0.2, 0.25) is 0 Å². The second-order valence-electron chi connectivity index (χ2n) is 3.80. The van der Waals surface area contributed by atoms with Crippen molar-refractivity contribution in [2.24, 2.45) is 0 Å². The Morgan fingerprint density at radius 2 is 1.94 bits per heavy atom. The van der Waals surface area contributed by atoms with Gasteiger partial charge in [-0.3, -0.25) is 0 Å². The van der Waals surface area contributed by atoms with Gasteiger partial charge in [0.1, 0.15) is 15.9 Å². The minimum absolute atomic E-state index is 0.0285. The summed E-state index contributed by atoms with van der Waals surface area (Å²) in [5.74, 6) is -1.27. The van der Waals surface area contributed by atoms with Gasteiger partial charge in [0.05, 0.1) is 5.75 Å². The molecule has 0 rings (SSSR count). The molecule has 0 spiro atoms. The number of sulfone groups is 1. The number of carboxylic acid groups (broad SMARTS) is 1. The molecule has 0 aliphatic carbocycles. The summed E-state index contributed by atoms with van der Waals surface area (Å²) in [6.45, 7) is 1.66. The van der Waals surface area contributed by atoms with Crippen molar-refractivity contribution in [3.63, 3.8) is 0 Å². The van der Waals surface area contributed by atoms with Gasteiger partial charge in [-0.25, -0.2) is 18.0 Å². The molecule has 0 unspecified atom stereocenters. The number of urea groups is 1. The van der Waals surface area contributed by atoms with E-state index in [0.717, 1.165) is 11.2 Å². The van der Waals surface area contributed by atoms with E-state index < -0.39 is 27.9 Å². The Morgan fingerprint density at radius 3 is 2.29 bits per heavy atom. The molecule has 0 aromatic rings. The Morgan fingerprint density at radius 1 is 1.41 bits per heavy atom.